The summed E-state index contributed by atoms with van der Waals surface area (Å²) in [5, 5.41) is 12.0. The Morgan fingerprint density at radius 2 is 1.75 bits per heavy atom. The minimum absolute atomic E-state index is 0.0615. The van der Waals surface area contributed by atoms with Crippen molar-refractivity contribution < 1.29 is 9.59 Å². The molecular formula is C22H26N4O2. The third kappa shape index (κ3) is 4.57. The average Bonchev–Trinajstić information content (AvgIpc) is 3.19. The SMILES string of the molecule is CCCNC(=O)[C@H](C)NC(=O)C1=NN(c2ccccc2)[C@@H](c2ccccc2)C1. The number of nitrogens with one attached hydrogen (secondary N) is 2. The molecular weight excluding hydrogens is 352 g/mol. The van der Waals surface area contributed by atoms with Crippen LogP contribution in [0.3, 0.4) is 0 Å². The van der Waals surface area contributed by atoms with Crippen LogP contribution in [0.25, 0.3) is 0 Å². The number of rotatable bonds is 7. The molecule has 0 spiro atoms. The number of para-hydroxylation sites is 1. The molecule has 0 saturated carbocycles. The third-order valence-corrected chi connectivity index (χ3v) is 4.67. The Morgan fingerprint density at radius 3 is 2.39 bits per heavy atom. The highest BCUT2D eigenvalue weighted by Crippen LogP contribution is 2.34. The molecule has 0 aromatic heterocycles. The highest BCUT2D eigenvalue weighted by atomic mass is 16.2. The highest BCUT2D eigenvalue weighted by Gasteiger charge is 2.33. The van der Waals surface area contributed by atoms with E-state index < -0.39 is 6.04 Å². The molecule has 0 saturated heterocycles. The van der Waals surface area contributed by atoms with Crippen LogP contribution in [0.5, 0.6) is 0 Å². The van der Waals surface area contributed by atoms with E-state index in [-0.39, 0.29) is 17.9 Å². The third-order valence-electron chi connectivity index (χ3n) is 4.67. The molecule has 2 amide bonds. The summed E-state index contributed by atoms with van der Waals surface area (Å²) < 4.78 is 0. The summed E-state index contributed by atoms with van der Waals surface area (Å²) in [6.45, 7) is 4.26. The summed E-state index contributed by atoms with van der Waals surface area (Å²) in [5.41, 5.74) is 2.44. The van der Waals surface area contributed by atoms with Crippen molar-refractivity contribution >= 4 is 23.2 Å². The lowest BCUT2D eigenvalue weighted by Gasteiger charge is -2.23. The fraction of sp³-hybridized carbons (Fsp3) is 0.318. The van der Waals surface area contributed by atoms with E-state index in [1.165, 1.54) is 0 Å². The lowest BCUT2D eigenvalue weighted by molar-refractivity contribution is -0.126. The number of carbonyl (C=O) groups is 2. The molecule has 0 aliphatic carbocycles. The van der Waals surface area contributed by atoms with Gasteiger partial charge in [0.05, 0.1) is 11.7 Å². The zero-order chi connectivity index (χ0) is 19.9. The monoisotopic (exact) mass is 378 g/mol. The van der Waals surface area contributed by atoms with Crippen LogP contribution in [0.2, 0.25) is 0 Å². The lowest BCUT2D eigenvalue weighted by atomic mass is 10.0. The smallest absolute Gasteiger partial charge is 0.268 e. The molecule has 0 fully saturated rings. The molecule has 146 valence electrons. The van der Waals surface area contributed by atoms with Gasteiger partial charge < -0.3 is 10.6 Å². The minimum Gasteiger partial charge on any atom is -0.354 e. The highest BCUT2D eigenvalue weighted by molar-refractivity contribution is 6.40. The number of anilines is 1. The number of amides is 2. The second kappa shape index (κ2) is 9.17. The Hall–Kier alpha value is -3.15. The fourth-order valence-electron chi connectivity index (χ4n) is 3.15. The topological polar surface area (TPSA) is 73.8 Å². The number of hydrogen-bond donors (Lipinski definition) is 2. The van der Waals surface area contributed by atoms with Gasteiger partial charge in [-0.1, -0.05) is 55.5 Å². The summed E-state index contributed by atoms with van der Waals surface area (Å²) in [5.74, 6) is -0.494. The zero-order valence-electron chi connectivity index (χ0n) is 16.3. The molecule has 2 atom stereocenters. The molecule has 2 aromatic rings. The van der Waals surface area contributed by atoms with Gasteiger partial charge in [0, 0.05) is 13.0 Å². The van der Waals surface area contributed by atoms with E-state index in [9.17, 15) is 9.59 Å². The molecule has 6 nitrogen and oxygen atoms in total. The van der Waals surface area contributed by atoms with Gasteiger partial charge in [-0.05, 0) is 31.0 Å². The van der Waals surface area contributed by atoms with Gasteiger partial charge in [0.2, 0.25) is 5.91 Å². The van der Waals surface area contributed by atoms with E-state index in [4.69, 9.17) is 0 Å². The molecule has 0 radical (unpaired) electrons. The van der Waals surface area contributed by atoms with Crippen molar-refractivity contribution in [1.29, 1.82) is 0 Å². The number of hydrogen-bond acceptors (Lipinski definition) is 4. The van der Waals surface area contributed by atoms with Crippen LogP contribution < -0.4 is 15.6 Å². The summed E-state index contributed by atoms with van der Waals surface area (Å²) in [6, 6.07) is 19.1. The van der Waals surface area contributed by atoms with Gasteiger partial charge >= 0.3 is 0 Å². The Balaban J connectivity index is 1.78. The minimum atomic E-state index is -0.609. The average molecular weight is 378 g/mol. The van der Waals surface area contributed by atoms with Gasteiger partial charge in [0.25, 0.3) is 5.91 Å². The maximum Gasteiger partial charge on any atom is 0.268 e. The molecule has 0 unspecified atom stereocenters. The molecule has 1 aliphatic rings. The van der Waals surface area contributed by atoms with Gasteiger partial charge in [-0.3, -0.25) is 14.6 Å². The first kappa shape index (κ1) is 19.6. The summed E-state index contributed by atoms with van der Waals surface area (Å²) in [4.78, 5) is 24.8. The Bertz CT molecular complexity index is 836. The van der Waals surface area contributed by atoms with Crippen molar-refractivity contribution in [2.75, 3.05) is 11.6 Å². The first-order valence-electron chi connectivity index (χ1n) is 9.65. The largest absolute Gasteiger partial charge is 0.354 e. The predicted octanol–water partition coefficient (Wildman–Crippen LogP) is 3.02. The van der Waals surface area contributed by atoms with Crippen molar-refractivity contribution in [3.8, 4) is 0 Å². The lowest BCUT2D eigenvalue weighted by Crippen LogP contribution is -2.47. The van der Waals surface area contributed by atoms with Gasteiger partial charge in [-0.25, -0.2) is 0 Å². The van der Waals surface area contributed by atoms with Gasteiger partial charge in [-0.2, -0.15) is 5.10 Å². The van der Waals surface area contributed by atoms with Gasteiger partial charge in [-0.15, -0.1) is 0 Å². The molecule has 2 aromatic carbocycles. The second-order valence-electron chi connectivity index (χ2n) is 6.84. The first-order valence-corrected chi connectivity index (χ1v) is 9.65. The molecule has 6 heteroatoms. The van der Waals surface area contributed by atoms with E-state index in [1.807, 2.05) is 72.6 Å². The molecule has 28 heavy (non-hydrogen) atoms. The van der Waals surface area contributed by atoms with E-state index in [0.29, 0.717) is 18.7 Å². The number of carbonyl (C=O) groups excluding carboxylic acids is 2. The molecule has 1 heterocycles. The van der Waals surface area contributed by atoms with Crippen LogP contribution in [-0.4, -0.2) is 30.1 Å². The van der Waals surface area contributed by atoms with Crippen molar-refractivity contribution in [3.05, 3.63) is 66.2 Å². The van der Waals surface area contributed by atoms with E-state index in [1.54, 1.807) is 6.92 Å². The number of nitrogens with zero attached hydrogens (tertiary/aromatic N) is 2. The molecule has 1 aliphatic heterocycles. The Labute approximate surface area is 165 Å². The first-order chi connectivity index (χ1) is 13.6. The normalized spacial score (nSPS) is 17.0. The predicted molar refractivity (Wildman–Crippen MR) is 111 cm³/mol. The van der Waals surface area contributed by atoms with Gasteiger partial charge in [0.15, 0.2) is 0 Å². The molecule has 0 bridgehead atoms. The van der Waals surface area contributed by atoms with Crippen LogP contribution >= 0.6 is 0 Å². The Kier molecular flexibility index (Phi) is 6.42. The summed E-state index contributed by atoms with van der Waals surface area (Å²) >= 11 is 0. The van der Waals surface area contributed by atoms with Crippen LogP contribution in [0.15, 0.2) is 65.8 Å². The Morgan fingerprint density at radius 1 is 1.11 bits per heavy atom. The van der Waals surface area contributed by atoms with Crippen molar-refractivity contribution in [1.82, 2.24) is 10.6 Å². The van der Waals surface area contributed by atoms with Crippen molar-refractivity contribution in [2.24, 2.45) is 5.10 Å². The van der Waals surface area contributed by atoms with Gasteiger partial charge in [0.1, 0.15) is 11.8 Å². The van der Waals surface area contributed by atoms with E-state index >= 15 is 0 Å². The quantitative estimate of drug-likeness (QED) is 0.778. The van der Waals surface area contributed by atoms with E-state index in [0.717, 1.165) is 17.7 Å². The van der Waals surface area contributed by atoms with Crippen LogP contribution in [0.1, 0.15) is 38.3 Å². The number of benzene rings is 2. The standard InChI is InChI=1S/C22H26N4O2/c1-3-14-23-21(27)16(2)24-22(28)19-15-20(17-10-6-4-7-11-17)26(25-19)18-12-8-5-9-13-18/h4-13,16,20H,3,14-15H2,1-2H3,(H,23,27)(H,24,28)/t16-,20+/m0/s1. The molecule has 2 N–H and O–H groups in total. The van der Waals surface area contributed by atoms with Crippen molar-refractivity contribution in [2.45, 2.75) is 38.8 Å². The summed E-state index contributed by atoms with van der Waals surface area (Å²) in [6.07, 6.45) is 1.33. The van der Waals surface area contributed by atoms with Crippen LogP contribution in [0, 0.1) is 0 Å². The maximum absolute atomic E-state index is 12.7. The number of hydrazone groups is 1. The second-order valence-corrected chi connectivity index (χ2v) is 6.84. The molecule has 3 rings (SSSR count). The maximum atomic E-state index is 12.7. The van der Waals surface area contributed by atoms with E-state index in [2.05, 4.69) is 15.7 Å². The fourth-order valence-corrected chi connectivity index (χ4v) is 3.15. The van der Waals surface area contributed by atoms with Crippen LogP contribution in [-0.2, 0) is 9.59 Å². The zero-order valence-corrected chi connectivity index (χ0v) is 16.3. The summed E-state index contributed by atoms with van der Waals surface area (Å²) in [7, 11) is 0. The van der Waals surface area contributed by atoms with Crippen LogP contribution in [0.4, 0.5) is 5.69 Å². The van der Waals surface area contributed by atoms with Crippen molar-refractivity contribution in [3.63, 3.8) is 0 Å².